The SMILES string of the molecule is C=C(C)c1cc(N)n(-c2ccc(C(=O)CO)cc2)n1. The number of allylic oxidation sites excluding steroid dienone is 1. The fourth-order valence-corrected chi connectivity index (χ4v) is 1.69. The zero-order valence-electron chi connectivity index (χ0n) is 10.6. The van der Waals surface area contributed by atoms with Crippen molar-refractivity contribution in [1.82, 2.24) is 9.78 Å². The first-order valence-electron chi connectivity index (χ1n) is 5.79. The summed E-state index contributed by atoms with van der Waals surface area (Å²) in [5.74, 6) is 0.182. The molecule has 19 heavy (non-hydrogen) atoms. The topological polar surface area (TPSA) is 81.1 Å². The van der Waals surface area contributed by atoms with Crippen molar-refractivity contribution >= 4 is 17.2 Å². The summed E-state index contributed by atoms with van der Waals surface area (Å²) in [6, 6.07) is 8.48. The number of anilines is 1. The predicted octanol–water partition coefficient (Wildman–Crippen LogP) is 1.66. The van der Waals surface area contributed by atoms with Gasteiger partial charge in [0.2, 0.25) is 0 Å². The van der Waals surface area contributed by atoms with E-state index in [1.165, 1.54) is 0 Å². The van der Waals surface area contributed by atoms with Crippen LogP contribution in [0.3, 0.4) is 0 Å². The van der Waals surface area contributed by atoms with Gasteiger partial charge in [0.25, 0.3) is 0 Å². The van der Waals surface area contributed by atoms with Crippen LogP contribution in [-0.4, -0.2) is 27.3 Å². The Kier molecular flexibility index (Phi) is 3.48. The van der Waals surface area contributed by atoms with Crippen molar-refractivity contribution in [3.8, 4) is 5.69 Å². The molecule has 1 aromatic carbocycles. The highest BCUT2D eigenvalue weighted by atomic mass is 16.3. The second-order valence-corrected chi connectivity index (χ2v) is 4.27. The highest BCUT2D eigenvalue weighted by Crippen LogP contribution is 2.18. The van der Waals surface area contributed by atoms with E-state index < -0.39 is 6.61 Å². The Bertz CT molecular complexity index is 627. The average molecular weight is 257 g/mol. The summed E-state index contributed by atoms with van der Waals surface area (Å²) in [4.78, 5) is 11.3. The number of rotatable bonds is 4. The highest BCUT2D eigenvalue weighted by Gasteiger charge is 2.09. The van der Waals surface area contributed by atoms with Crippen molar-refractivity contribution in [2.45, 2.75) is 6.92 Å². The molecule has 98 valence electrons. The van der Waals surface area contributed by atoms with E-state index in [0.29, 0.717) is 11.4 Å². The highest BCUT2D eigenvalue weighted by molar-refractivity contribution is 5.97. The molecule has 3 N–H and O–H groups in total. The molecule has 5 heteroatoms. The molecular weight excluding hydrogens is 242 g/mol. The van der Waals surface area contributed by atoms with E-state index in [2.05, 4.69) is 11.7 Å². The van der Waals surface area contributed by atoms with Gasteiger partial charge in [-0.25, -0.2) is 4.68 Å². The zero-order chi connectivity index (χ0) is 14.0. The van der Waals surface area contributed by atoms with Gasteiger partial charge in [0, 0.05) is 11.6 Å². The average Bonchev–Trinajstić information content (AvgIpc) is 2.80. The van der Waals surface area contributed by atoms with Gasteiger partial charge in [-0.2, -0.15) is 5.10 Å². The van der Waals surface area contributed by atoms with Crippen LogP contribution < -0.4 is 5.73 Å². The van der Waals surface area contributed by atoms with E-state index in [4.69, 9.17) is 10.8 Å². The molecule has 0 fully saturated rings. The Hall–Kier alpha value is -2.40. The van der Waals surface area contributed by atoms with Gasteiger partial charge in [-0.15, -0.1) is 0 Å². The fourth-order valence-electron chi connectivity index (χ4n) is 1.69. The van der Waals surface area contributed by atoms with E-state index in [-0.39, 0.29) is 5.78 Å². The van der Waals surface area contributed by atoms with Crippen LogP contribution in [0.25, 0.3) is 11.3 Å². The molecule has 1 aromatic heterocycles. The lowest BCUT2D eigenvalue weighted by Gasteiger charge is -2.04. The third-order valence-corrected chi connectivity index (χ3v) is 2.75. The van der Waals surface area contributed by atoms with Crippen LogP contribution in [0.4, 0.5) is 5.82 Å². The molecule has 0 aliphatic heterocycles. The molecule has 5 nitrogen and oxygen atoms in total. The second kappa shape index (κ2) is 5.07. The number of carbonyl (C=O) groups excluding carboxylic acids is 1. The number of aliphatic hydroxyl groups is 1. The van der Waals surface area contributed by atoms with Crippen LogP contribution >= 0.6 is 0 Å². The minimum Gasteiger partial charge on any atom is -0.388 e. The number of Topliss-reactive ketones (excluding diaryl/α,β-unsaturated/α-hetero) is 1. The minimum absolute atomic E-state index is 0.317. The van der Waals surface area contributed by atoms with Gasteiger partial charge in [0.1, 0.15) is 12.4 Å². The van der Waals surface area contributed by atoms with Crippen molar-refractivity contribution in [2.24, 2.45) is 0 Å². The van der Waals surface area contributed by atoms with Crippen LogP contribution in [0.5, 0.6) is 0 Å². The van der Waals surface area contributed by atoms with Gasteiger partial charge in [0.05, 0.1) is 11.4 Å². The maximum Gasteiger partial charge on any atom is 0.188 e. The summed E-state index contributed by atoms with van der Waals surface area (Å²) in [6.07, 6.45) is 0. The molecule has 0 saturated heterocycles. The summed E-state index contributed by atoms with van der Waals surface area (Å²) in [5, 5.41) is 13.1. The number of benzene rings is 1. The van der Waals surface area contributed by atoms with Gasteiger partial charge in [-0.1, -0.05) is 6.58 Å². The molecule has 0 spiro atoms. The molecule has 0 amide bonds. The quantitative estimate of drug-likeness (QED) is 0.816. The first-order valence-corrected chi connectivity index (χ1v) is 5.79. The van der Waals surface area contributed by atoms with Crippen molar-refractivity contribution in [3.05, 3.63) is 48.2 Å². The third-order valence-electron chi connectivity index (χ3n) is 2.75. The number of nitrogens with two attached hydrogens (primary N) is 1. The molecule has 0 atom stereocenters. The van der Waals surface area contributed by atoms with Crippen LogP contribution in [0, 0.1) is 0 Å². The number of hydrogen-bond acceptors (Lipinski definition) is 4. The third kappa shape index (κ3) is 2.56. The van der Waals surface area contributed by atoms with Gasteiger partial charge >= 0.3 is 0 Å². The molecule has 0 radical (unpaired) electrons. The van der Waals surface area contributed by atoms with Gasteiger partial charge in [-0.05, 0) is 36.8 Å². The Balaban J connectivity index is 2.37. The fraction of sp³-hybridized carbons (Fsp3) is 0.143. The monoisotopic (exact) mass is 257 g/mol. The molecule has 0 bridgehead atoms. The maximum absolute atomic E-state index is 11.3. The summed E-state index contributed by atoms with van der Waals surface area (Å²) in [5.41, 5.74) is 8.65. The van der Waals surface area contributed by atoms with Crippen molar-refractivity contribution in [3.63, 3.8) is 0 Å². The molecule has 0 aliphatic carbocycles. The Morgan fingerprint density at radius 2 is 2.05 bits per heavy atom. The lowest BCUT2D eigenvalue weighted by Crippen LogP contribution is -2.06. The molecule has 2 aromatic rings. The maximum atomic E-state index is 11.3. The molecular formula is C14H15N3O2. The van der Waals surface area contributed by atoms with E-state index in [1.807, 2.05) is 6.92 Å². The van der Waals surface area contributed by atoms with Gasteiger partial charge in [0.15, 0.2) is 5.78 Å². The van der Waals surface area contributed by atoms with Crippen LogP contribution in [0.1, 0.15) is 23.0 Å². The van der Waals surface area contributed by atoms with Crippen molar-refractivity contribution in [2.75, 3.05) is 12.3 Å². The molecule has 0 aliphatic rings. The molecule has 1 heterocycles. The van der Waals surface area contributed by atoms with Crippen LogP contribution in [0.15, 0.2) is 36.9 Å². The van der Waals surface area contributed by atoms with Crippen LogP contribution in [0.2, 0.25) is 0 Å². The minimum atomic E-state index is -0.497. The number of hydrogen-bond donors (Lipinski definition) is 2. The second-order valence-electron chi connectivity index (χ2n) is 4.27. The van der Waals surface area contributed by atoms with Gasteiger partial charge < -0.3 is 10.8 Å². The number of carbonyl (C=O) groups is 1. The number of aliphatic hydroxyl groups excluding tert-OH is 1. The number of ketones is 1. The Labute approximate surface area is 111 Å². The van der Waals surface area contributed by atoms with Crippen molar-refractivity contribution in [1.29, 1.82) is 0 Å². The lowest BCUT2D eigenvalue weighted by molar-refractivity contribution is 0.0904. The smallest absolute Gasteiger partial charge is 0.188 e. The van der Waals surface area contributed by atoms with Crippen molar-refractivity contribution < 1.29 is 9.90 Å². The van der Waals surface area contributed by atoms with E-state index >= 15 is 0 Å². The van der Waals surface area contributed by atoms with E-state index in [0.717, 1.165) is 17.0 Å². The van der Waals surface area contributed by atoms with Gasteiger partial charge in [-0.3, -0.25) is 4.79 Å². The first kappa shape index (κ1) is 13.0. The molecule has 2 rings (SSSR count). The summed E-state index contributed by atoms with van der Waals surface area (Å²) >= 11 is 0. The largest absolute Gasteiger partial charge is 0.388 e. The normalized spacial score (nSPS) is 10.4. The summed E-state index contributed by atoms with van der Waals surface area (Å²) < 4.78 is 1.58. The number of nitrogen functional groups attached to an aromatic ring is 1. The summed E-state index contributed by atoms with van der Waals surface area (Å²) in [6.45, 7) is 5.18. The number of nitrogens with zero attached hydrogens (tertiary/aromatic N) is 2. The molecule has 0 saturated carbocycles. The van der Waals surface area contributed by atoms with E-state index in [1.54, 1.807) is 35.0 Å². The molecule has 0 unspecified atom stereocenters. The predicted molar refractivity (Wildman–Crippen MR) is 74.1 cm³/mol. The van der Waals surface area contributed by atoms with Crippen LogP contribution in [-0.2, 0) is 0 Å². The zero-order valence-corrected chi connectivity index (χ0v) is 10.6. The number of aromatic nitrogens is 2. The summed E-state index contributed by atoms with van der Waals surface area (Å²) in [7, 11) is 0. The Morgan fingerprint density at radius 1 is 1.42 bits per heavy atom. The first-order chi connectivity index (χ1) is 9.02. The van der Waals surface area contributed by atoms with E-state index in [9.17, 15) is 4.79 Å². The lowest BCUT2D eigenvalue weighted by atomic mass is 10.1. The standard InChI is InChI=1S/C14H15N3O2/c1-9(2)12-7-14(15)17(16-12)11-5-3-10(4-6-11)13(19)8-18/h3-7,18H,1,8,15H2,2H3. The Morgan fingerprint density at radius 3 is 2.53 bits per heavy atom.